The highest BCUT2D eigenvalue weighted by Gasteiger charge is 2.19. The molecule has 0 saturated heterocycles. The Morgan fingerprint density at radius 3 is 2.80 bits per heavy atom. The van der Waals surface area contributed by atoms with Crippen LogP contribution in [0.1, 0.15) is 12.6 Å². The summed E-state index contributed by atoms with van der Waals surface area (Å²) in [5.41, 5.74) is 9.38. The lowest BCUT2D eigenvalue weighted by Crippen LogP contribution is -2.06. The number of nitrogens with two attached hydrogens (primary N) is 1. The molecule has 1 aromatic carbocycles. The van der Waals surface area contributed by atoms with Crippen molar-refractivity contribution in [3.05, 3.63) is 33.3 Å². The summed E-state index contributed by atoms with van der Waals surface area (Å²) >= 11 is 2.09. The zero-order chi connectivity index (χ0) is 14.4. The van der Waals surface area contributed by atoms with E-state index in [9.17, 15) is 4.39 Å². The third kappa shape index (κ3) is 1.88. The molecule has 0 aliphatic carbocycles. The molecule has 0 unspecified atom stereocenters. The summed E-state index contributed by atoms with van der Waals surface area (Å²) < 4.78 is 17.6. The van der Waals surface area contributed by atoms with Crippen LogP contribution >= 0.6 is 22.6 Å². The highest BCUT2D eigenvalue weighted by molar-refractivity contribution is 14.1. The van der Waals surface area contributed by atoms with Gasteiger partial charge >= 0.3 is 0 Å². The summed E-state index contributed by atoms with van der Waals surface area (Å²) in [7, 11) is 1.86. The molecule has 2 heterocycles. The van der Waals surface area contributed by atoms with Crippen molar-refractivity contribution in [1.29, 1.82) is 0 Å². The van der Waals surface area contributed by atoms with E-state index in [1.54, 1.807) is 10.7 Å². The first-order valence-corrected chi connectivity index (χ1v) is 7.26. The maximum absolute atomic E-state index is 13.3. The molecule has 3 aromatic rings. The third-order valence-electron chi connectivity index (χ3n) is 3.22. The number of benzene rings is 1. The van der Waals surface area contributed by atoms with Gasteiger partial charge in [0.25, 0.3) is 0 Å². The van der Waals surface area contributed by atoms with Gasteiger partial charge in [-0.2, -0.15) is 5.10 Å². The third-order valence-corrected chi connectivity index (χ3v) is 4.08. The largest absolute Gasteiger partial charge is 0.369 e. The Morgan fingerprint density at radius 1 is 1.40 bits per heavy atom. The Labute approximate surface area is 128 Å². The zero-order valence-corrected chi connectivity index (χ0v) is 13.2. The van der Waals surface area contributed by atoms with Crippen LogP contribution in [0, 0.1) is 9.39 Å². The van der Waals surface area contributed by atoms with Gasteiger partial charge in [-0.15, -0.1) is 0 Å². The summed E-state index contributed by atoms with van der Waals surface area (Å²) in [5.74, 6) is 0.111. The predicted octanol–water partition coefficient (Wildman–Crippen LogP) is 2.65. The average Bonchev–Trinajstić information content (AvgIpc) is 2.87. The normalized spacial score (nSPS) is 11.4. The van der Waals surface area contributed by atoms with E-state index in [1.807, 2.05) is 18.5 Å². The lowest BCUT2D eigenvalue weighted by molar-refractivity contribution is 0.626. The van der Waals surface area contributed by atoms with E-state index in [-0.39, 0.29) is 5.82 Å². The van der Waals surface area contributed by atoms with Crippen LogP contribution in [-0.2, 0) is 13.5 Å². The molecule has 7 heteroatoms. The minimum Gasteiger partial charge on any atom is -0.369 e. The number of nitrogen functional groups attached to an aromatic ring is 1. The number of aromatic nitrogens is 4. The molecule has 0 radical (unpaired) electrons. The van der Waals surface area contributed by atoms with Gasteiger partial charge in [-0.3, -0.25) is 4.57 Å². The summed E-state index contributed by atoms with van der Waals surface area (Å²) in [5, 5.41) is 4.44. The Balaban J connectivity index is 2.36. The van der Waals surface area contributed by atoms with Crippen molar-refractivity contribution >= 4 is 39.7 Å². The van der Waals surface area contributed by atoms with Gasteiger partial charge in [-0.1, -0.05) is 6.92 Å². The summed E-state index contributed by atoms with van der Waals surface area (Å²) in [4.78, 5) is 4.40. The number of nitrogens with zero attached hydrogens (tertiary/aromatic N) is 4. The van der Waals surface area contributed by atoms with Crippen molar-refractivity contribution in [3.8, 4) is 5.69 Å². The van der Waals surface area contributed by atoms with E-state index in [1.165, 1.54) is 12.1 Å². The van der Waals surface area contributed by atoms with Crippen LogP contribution in [0.3, 0.4) is 0 Å². The molecule has 0 spiro atoms. The SMILES string of the molecule is CCc1nn(C)c2c1nc(N)n2-c1ccc(F)cc1I. The van der Waals surface area contributed by atoms with Gasteiger partial charge in [0.05, 0.1) is 11.4 Å². The molecule has 0 saturated carbocycles. The van der Waals surface area contributed by atoms with E-state index in [4.69, 9.17) is 5.73 Å². The average molecular weight is 385 g/mol. The maximum atomic E-state index is 13.3. The molecule has 0 fully saturated rings. The molecule has 0 aliphatic rings. The molecule has 0 atom stereocenters. The van der Waals surface area contributed by atoms with Crippen molar-refractivity contribution in [2.45, 2.75) is 13.3 Å². The molecule has 0 bridgehead atoms. The summed E-state index contributed by atoms with van der Waals surface area (Å²) in [6.07, 6.45) is 0.786. The van der Waals surface area contributed by atoms with Crippen molar-refractivity contribution < 1.29 is 4.39 Å². The van der Waals surface area contributed by atoms with Gasteiger partial charge in [0.2, 0.25) is 5.95 Å². The second-order valence-electron chi connectivity index (χ2n) is 4.50. The minimum atomic E-state index is -0.271. The second kappa shape index (κ2) is 4.72. The fourth-order valence-electron chi connectivity index (χ4n) is 2.33. The number of rotatable bonds is 2. The van der Waals surface area contributed by atoms with E-state index in [0.717, 1.165) is 32.5 Å². The van der Waals surface area contributed by atoms with Crippen LogP contribution in [0.4, 0.5) is 10.3 Å². The van der Waals surface area contributed by atoms with Gasteiger partial charge in [0, 0.05) is 10.6 Å². The van der Waals surface area contributed by atoms with Crippen molar-refractivity contribution in [2.75, 3.05) is 5.73 Å². The molecule has 0 amide bonds. The smallest absolute Gasteiger partial charge is 0.207 e. The molecule has 2 aromatic heterocycles. The van der Waals surface area contributed by atoms with Crippen LogP contribution in [0.2, 0.25) is 0 Å². The lowest BCUT2D eigenvalue weighted by Gasteiger charge is -2.09. The molecule has 104 valence electrons. The summed E-state index contributed by atoms with van der Waals surface area (Å²) in [6.45, 7) is 2.03. The van der Waals surface area contributed by atoms with Crippen LogP contribution in [0.5, 0.6) is 0 Å². The molecule has 0 aliphatic heterocycles. The molecular formula is C13H13FIN5. The molecule has 20 heavy (non-hydrogen) atoms. The number of fused-ring (bicyclic) bond motifs is 1. The van der Waals surface area contributed by atoms with Crippen LogP contribution in [0.15, 0.2) is 18.2 Å². The fourth-order valence-corrected chi connectivity index (χ4v) is 3.05. The number of imidazole rings is 1. The first-order valence-electron chi connectivity index (χ1n) is 6.18. The quantitative estimate of drug-likeness (QED) is 0.690. The van der Waals surface area contributed by atoms with Crippen LogP contribution in [0.25, 0.3) is 16.9 Å². The number of anilines is 1. The number of halogens is 2. The van der Waals surface area contributed by atoms with Crippen molar-refractivity contribution in [1.82, 2.24) is 19.3 Å². The van der Waals surface area contributed by atoms with Crippen molar-refractivity contribution in [2.24, 2.45) is 7.05 Å². The van der Waals surface area contributed by atoms with E-state index in [0.29, 0.717) is 5.95 Å². The summed E-state index contributed by atoms with van der Waals surface area (Å²) in [6, 6.07) is 4.59. The van der Waals surface area contributed by atoms with Crippen LogP contribution in [-0.4, -0.2) is 19.3 Å². The number of aryl methyl sites for hydroxylation is 2. The monoisotopic (exact) mass is 385 g/mol. The Bertz CT molecular complexity index is 805. The second-order valence-corrected chi connectivity index (χ2v) is 5.66. The van der Waals surface area contributed by atoms with Gasteiger partial charge in [0.1, 0.15) is 11.3 Å². The Morgan fingerprint density at radius 2 is 2.15 bits per heavy atom. The van der Waals surface area contributed by atoms with Gasteiger partial charge in [-0.25, -0.2) is 14.1 Å². The number of hydrogen-bond acceptors (Lipinski definition) is 3. The van der Waals surface area contributed by atoms with E-state index < -0.39 is 0 Å². The van der Waals surface area contributed by atoms with Gasteiger partial charge < -0.3 is 5.73 Å². The number of hydrogen-bond donors (Lipinski definition) is 1. The van der Waals surface area contributed by atoms with Gasteiger partial charge in [0.15, 0.2) is 5.65 Å². The fraction of sp³-hybridized carbons (Fsp3) is 0.231. The molecule has 2 N–H and O–H groups in total. The van der Waals surface area contributed by atoms with E-state index >= 15 is 0 Å². The standard InChI is InChI=1S/C13H13FIN5/c1-3-9-11-12(19(2)18-9)20(13(16)17-11)10-5-4-7(14)6-8(10)15/h4-6H,3H2,1-2H3,(H2,16,17). The van der Waals surface area contributed by atoms with Crippen molar-refractivity contribution in [3.63, 3.8) is 0 Å². The Hall–Kier alpha value is -1.64. The first-order chi connectivity index (χ1) is 9.52. The Kier molecular flexibility index (Phi) is 3.15. The molecule has 3 rings (SSSR count). The highest BCUT2D eigenvalue weighted by atomic mass is 127. The zero-order valence-electron chi connectivity index (χ0n) is 11.1. The highest BCUT2D eigenvalue weighted by Crippen LogP contribution is 2.28. The molecular weight excluding hydrogens is 372 g/mol. The van der Waals surface area contributed by atoms with Gasteiger partial charge in [-0.05, 0) is 47.2 Å². The van der Waals surface area contributed by atoms with Crippen LogP contribution < -0.4 is 5.73 Å². The minimum absolute atomic E-state index is 0.271. The molecule has 5 nitrogen and oxygen atoms in total. The van der Waals surface area contributed by atoms with E-state index in [2.05, 4.69) is 32.7 Å². The first kappa shape index (κ1) is 13.3. The topological polar surface area (TPSA) is 61.7 Å². The maximum Gasteiger partial charge on any atom is 0.207 e. The predicted molar refractivity (Wildman–Crippen MR) is 84.3 cm³/mol. The lowest BCUT2D eigenvalue weighted by atomic mass is 10.3.